The van der Waals surface area contributed by atoms with E-state index in [-0.39, 0.29) is 5.91 Å². The van der Waals surface area contributed by atoms with Crippen LogP contribution in [0, 0.1) is 0 Å². The van der Waals surface area contributed by atoms with Crippen molar-refractivity contribution in [2.45, 2.75) is 10.6 Å². The Labute approximate surface area is 139 Å². The topological polar surface area (TPSA) is 20.3 Å². The summed E-state index contributed by atoms with van der Waals surface area (Å²) < 4.78 is 0. The Hall–Kier alpha value is -1.16. The summed E-state index contributed by atoms with van der Waals surface area (Å²) in [6.07, 6.45) is 0. The zero-order valence-corrected chi connectivity index (χ0v) is 14.1. The molecule has 0 radical (unpaired) electrons. The maximum absolute atomic E-state index is 11.8. The molecule has 0 saturated heterocycles. The molecule has 2 aromatic rings. The number of carbonyl (C=O) groups is 1. The highest BCUT2D eigenvalue weighted by Crippen LogP contribution is 2.32. The van der Waals surface area contributed by atoms with Gasteiger partial charge in [-0.2, -0.15) is 0 Å². The van der Waals surface area contributed by atoms with Gasteiger partial charge in [-0.25, -0.2) is 0 Å². The molecule has 1 amide bonds. The molecule has 110 valence electrons. The van der Waals surface area contributed by atoms with E-state index in [0.717, 1.165) is 16.2 Å². The molecule has 0 bridgehead atoms. The first kappa shape index (κ1) is 16.2. The summed E-state index contributed by atoms with van der Waals surface area (Å²) in [5.41, 5.74) is 1.82. The van der Waals surface area contributed by atoms with Crippen molar-refractivity contribution < 1.29 is 4.79 Å². The van der Waals surface area contributed by atoms with Crippen molar-refractivity contribution in [2.75, 3.05) is 14.1 Å². The van der Waals surface area contributed by atoms with Crippen LogP contribution in [0.5, 0.6) is 0 Å². The van der Waals surface area contributed by atoms with Crippen molar-refractivity contribution >= 4 is 40.9 Å². The average Bonchev–Trinajstić information content (AvgIpc) is 2.48. The largest absolute Gasteiger partial charge is 0.345 e. The molecule has 0 spiro atoms. The molecular formula is C16H15Cl2NOS. The summed E-state index contributed by atoms with van der Waals surface area (Å²) in [6, 6.07) is 13.0. The van der Waals surface area contributed by atoms with E-state index in [9.17, 15) is 4.79 Å². The molecule has 0 unspecified atom stereocenters. The highest BCUT2D eigenvalue weighted by molar-refractivity contribution is 7.98. The number of nitrogens with zero attached hydrogens (tertiary/aromatic N) is 1. The van der Waals surface area contributed by atoms with Gasteiger partial charge >= 0.3 is 0 Å². The van der Waals surface area contributed by atoms with E-state index in [1.165, 1.54) is 0 Å². The highest BCUT2D eigenvalue weighted by atomic mass is 35.5. The predicted molar refractivity (Wildman–Crippen MR) is 90.5 cm³/mol. The Bertz CT molecular complexity index is 641. The van der Waals surface area contributed by atoms with Gasteiger partial charge in [-0.05, 0) is 35.9 Å². The first-order chi connectivity index (χ1) is 9.97. The van der Waals surface area contributed by atoms with Gasteiger partial charge in [0.25, 0.3) is 5.91 Å². The molecule has 0 aliphatic carbocycles. The van der Waals surface area contributed by atoms with Gasteiger partial charge in [0.1, 0.15) is 0 Å². The number of benzene rings is 2. The van der Waals surface area contributed by atoms with Crippen LogP contribution in [0.3, 0.4) is 0 Å². The Morgan fingerprint density at radius 3 is 2.38 bits per heavy atom. The van der Waals surface area contributed by atoms with E-state index in [1.807, 2.05) is 30.3 Å². The first-order valence-electron chi connectivity index (χ1n) is 6.36. The van der Waals surface area contributed by atoms with Crippen LogP contribution >= 0.6 is 35.0 Å². The average molecular weight is 340 g/mol. The lowest BCUT2D eigenvalue weighted by Crippen LogP contribution is -2.21. The van der Waals surface area contributed by atoms with E-state index in [4.69, 9.17) is 23.2 Å². The molecule has 0 N–H and O–H groups in total. The van der Waals surface area contributed by atoms with Gasteiger partial charge in [0, 0.05) is 35.3 Å². The van der Waals surface area contributed by atoms with Crippen LogP contribution in [0.25, 0.3) is 0 Å². The van der Waals surface area contributed by atoms with Crippen LogP contribution < -0.4 is 0 Å². The zero-order chi connectivity index (χ0) is 15.4. The summed E-state index contributed by atoms with van der Waals surface area (Å²) in [4.78, 5) is 14.3. The van der Waals surface area contributed by atoms with Gasteiger partial charge in [-0.15, -0.1) is 11.8 Å². The van der Waals surface area contributed by atoms with Gasteiger partial charge in [0.05, 0.1) is 5.02 Å². The normalized spacial score (nSPS) is 10.5. The number of carbonyl (C=O) groups excluding carboxylic acids is 1. The lowest BCUT2D eigenvalue weighted by molar-refractivity contribution is 0.0827. The zero-order valence-electron chi connectivity index (χ0n) is 11.8. The van der Waals surface area contributed by atoms with Crippen LogP contribution in [0.4, 0.5) is 0 Å². The van der Waals surface area contributed by atoms with E-state index in [2.05, 4.69) is 0 Å². The molecule has 0 aliphatic heterocycles. The first-order valence-corrected chi connectivity index (χ1v) is 8.10. The Kier molecular flexibility index (Phi) is 5.57. The highest BCUT2D eigenvalue weighted by Gasteiger charge is 2.08. The minimum absolute atomic E-state index is 0.00656. The fraction of sp³-hybridized carbons (Fsp3) is 0.188. The number of thioether (sulfide) groups is 1. The molecule has 0 aliphatic rings. The van der Waals surface area contributed by atoms with Crippen LogP contribution in [-0.2, 0) is 5.75 Å². The molecule has 2 aromatic carbocycles. The van der Waals surface area contributed by atoms with Crippen LogP contribution in [0.15, 0.2) is 47.4 Å². The fourth-order valence-electron chi connectivity index (χ4n) is 1.75. The molecule has 5 heteroatoms. The third-order valence-electron chi connectivity index (χ3n) is 2.89. The monoisotopic (exact) mass is 339 g/mol. The molecule has 0 heterocycles. The van der Waals surface area contributed by atoms with Crippen molar-refractivity contribution in [2.24, 2.45) is 0 Å². The Morgan fingerprint density at radius 1 is 1.10 bits per heavy atom. The summed E-state index contributed by atoms with van der Waals surface area (Å²) in [5, 5.41) is 1.37. The van der Waals surface area contributed by atoms with Gasteiger partial charge in [-0.3, -0.25) is 4.79 Å². The summed E-state index contributed by atoms with van der Waals surface area (Å²) in [5.74, 6) is 0.781. The maximum atomic E-state index is 11.8. The lowest BCUT2D eigenvalue weighted by Gasteiger charge is -2.10. The maximum Gasteiger partial charge on any atom is 0.253 e. The van der Waals surface area contributed by atoms with Gasteiger partial charge in [-0.1, -0.05) is 35.3 Å². The van der Waals surface area contributed by atoms with Crippen LogP contribution in [0.2, 0.25) is 10.0 Å². The van der Waals surface area contributed by atoms with Gasteiger partial charge in [0.15, 0.2) is 0 Å². The number of hydrogen-bond acceptors (Lipinski definition) is 2. The van der Waals surface area contributed by atoms with E-state index in [1.54, 1.807) is 42.9 Å². The molecular weight excluding hydrogens is 325 g/mol. The summed E-state index contributed by atoms with van der Waals surface area (Å²) in [7, 11) is 3.49. The molecule has 0 fully saturated rings. The lowest BCUT2D eigenvalue weighted by atomic mass is 10.1. The Balaban J connectivity index is 2.04. The number of rotatable bonds is 4. The molecule has 2 nitrogen and oxygen atoms in total. The van der Waals surface area contributed by atoms with Crippen molar-refractivity contribution in [3.63, 3.8) is 0 Å². The molecule has 0 atom stereocenters. The van der Waals surface area contributed by atoms with Crippen LogP contribution in [0.1, 0.15) is 15.9 Å². The molecule has 0 saturated carbocycles. The number of halogens is 2. The van der Waals surface area contributed by atoms with Gasteiger partial charge < -0.3 is 4.90 Å². The van der Waals surface area contributed by atoms with E-state index >= 15 is 0 Å². The van der Waals surface area contributed by atoms with Crippen molar-refractivity contribution in [3.05, 3.63) is 63.6 Å². The van der Waals surface area contributed by atoms with Gasteiger partial charge in [0.2, 0.25) is 0 Å². The summed E-state index contributed by atoms with van der Waals surface area (Å²) in [6.45, 7) is 0. The minimum atomic E-state index is 0.00656. The molecule has 21 heavy (non-hydrogen) atoms. The second-order valence-electron chi connectivity index (χ2n) is 4.76. The second-order valence-corrected chi connectivity index (χ2v) is 6.62. The standard InChI is InChI=1S/C16H15Cl2NOS/c1-19(2)16(20)12-5-3-11(4-6-12)10-21-15-9-13(17)7-8-14(15)18/h3-9H,10H2,1-2H3. The second kappa shape index (κ2) is 7.21. The van der Waals surface area contributed by atoms with Crippen molar-refractivity contribution in [1.29, 1.82) is 0 Å². The summed E-state index contributed by atoms with van der Waals surface area (Å²) >= 11 is 13.7. The predicted octanol–water partition coefficient (Wildman–Crippen LogP) is 4.99. The Morgan fingerprint density at radius 2 is 1.76 bits per heavy atom. The SMILES string of the molecule is CN(C)C(=O)c1ccc(CSc2cc(Cl)ccc2Cl)cc1. The minimum Gasteiger partial charge on any atom is -0.345 e. The quantitative estimate of drug-likeness (QED) is 0.731. The number of amides is 1. The van der Waals surface area contributed by atoms with Crippen molar-refractivity contribution in [1.82, 2.24) is 4.90 Å². The molecule has 2 rings (SSSR count). The van der Waals surface area contributed by atoms with E-state index in [0.29, 0.717) is 15.6 Å². The smallest absolute Gasteiger partial charge is 0.253 e. The van der Waals surface area contributed by atoms with E-state index < -0.39 is 0 Å². The van der Waals surface area contributed by atoms with Crippen LogP contribution in [-0.4, -0.2) is 24.9 Å². The fourth-order valence-corrected chi connectivity index (χ4v) is 3.20. The third kappa shape index (κ3) is 4.40. The molecule has 0 aromatic heterocycles. The third-order valence-corrected chi connectivity index (χ3v) is 4.70. The van der Waals surface area contributed by atoms with Crippen molar-refractivity contribution in [3.8, 4) is 0 Å². The number of hydrogen-bond donors (Lipinski definition) is 0.